The molecular weight excluding hydrogens is 218 g/mol. The number of hydrogen-bond acceptors (Lipinski definition) is 4. The van der Waals surface area contributed by atoms with E-state index in [0.717, 1.165) is 6.42 Å². The first-order valence-corrected chi connectivity index (χ1v) is 5.87. The van der Waals surface area contributed by atoms with Gasteiger partial charge < -0.3 is 16.2 Å². The van der Waals surface area contributed by atoms with Gasteiger partial charge >= 0.3 is 5.97 Å². The van der Waals surface area contributed by atoms with Gasteiger partial charge in [0.25, 0.3) is 0 Å². The predicted molar refractivity (Wildman–Crippen MR) is 66.0 cm³/mol. The molecule has 1 fully saturated rings. The van der Waals surface area contributed by atoms with E-state index in [1.165, 1.54) is 25.1 Å². The second-order valence-electron chi connectivity index (χ2n) is 4.50. The maximum Gasteiger partial charge on any atom is 0.337 e. The second-order valence-corrected chi connectivity index (χ2v) is 4.50. The summed E-state index contributed by atoms with van der Waals surface area (Å²) in [5, 5.41) is 12.0. The van der Waals surface area contributed by atoms with Crippen molar-refractivity contribution in [2.45, 2.75) is 32.2 Å². The molecule has 0 aliphatic heterocycles. The normalized spacial score (nSPS) is 22.2. The van der Waals surface area contributed by atoms with Crippen LogP contribution in [-0.4, -0.2) is 22.1 Å². The number of pyridine rings is 1. The van der Waals surface area contributed by atoms with Crippen LogP contribution in [0.25, 0.3) is 0 Å². The number of hydrogen-bond donors (Lipinski definition) is 3. The third-order valence-corrected chi connectivity index (χ3v) is 3.07. The topological polar surface area (TPSA) is 88.2 Å². The average Bonchev–Trinajstić information content (AvgIpc) is 3.00. The molecule has 0 amide bonds. The van der Waals surface area contributed by atoms with E-state index in [1.807, 2.05) is 0 Å². The Labute approximate surface area is 100 Å². The number of rotatable bonds is 5. The summed E-state index contributed by atoms with van der Waals surface area (Å²) in [6.45, 7) is 2.17. The molecule has 17 heavy (non-hydrogen) atoms. The minimum absolute atomic E-state index is 0.119. The van der Waals surface area contributed by atoms with Crippen molar-refractivity contribution in [2.24, 2.45) is 5.92 Å². The Morgan fingerprint density at radius 3 is 3.06 bits per heavy atom. The Balaban J connectivity index is 2.00. The van der Waals surface area contributed by atoms with Crippen LogP contribution in [0.1, 0.15) is 36.5 Å². The van der Waals surface area contributed by atoms with Crippen molar-refractivity contribution in [3.05, 3.63) is 17.8 Å². The lowest BCUT2D eigenvalue weighted by atomic mass is 10.2. The van der Waals surface area contributed by atoms with Gasteiger partial charge in [0, 0.05) is 12.2 Å². The third kappa shape index (κ3) is 2.67. The molecule has 0 aromatic carbocycles. The fraction of sp³-hybridized carbons (Fsp3) is 0.500. The third-order valence-electron chi connectivity index (χ3n) is 3.07. The van der Waals surface area contributed by atoms with E-state index in [9.17, 15) is 4.79 Å². The molecule has 1 heterocycles. The highest BCUT2D eigenvalue weighted by atomic mass is 16.4. The Kier molecular flexibility index (Phi) is 3.17. The van der Waals surface area contributed by atoms with Gasteiger partial charge in [-0.25, -0.2) is 9.78 Å². The Morgan fingerprint density at radius 1 is 1.71 bits per heavy atom. The van der Waals surface area contributed by atoms with Crippen LogP contribution in [0.4, 0.5) is 11.5 Å². The standard InChI is InChI=1S/C12H17N3O2/c1-2-3-7-5-10(7)15-11-9(13)4-8(6-14-11)12(16)17/h4,6-7,10H,2-3,5,13H2,1H3,(H,14,15)(H,16,17). The molecule has 0 bridgehead atoms. The predicted octanol–water partition coefficient (Wildman–Crippen LogP) is 1.96. The Hall–Kier alpha value is -1.78. The molecule has 0 spiro atoms. The van der Waals surface area contributed by atoms with Crippen LogP contribution in [0.15, 0.2) is 12.3 Å². The zero-order chi connectivity index (χ0) is 12.4. The van der Waals surface area contributed by atoms with Gasteiger partial charge in [-0.2, -0.15) is 0 Å². The van der Waals surface area contributed by atoms with Crippen LogP contribution in [0.5, 0.6) is 0 Å². The van der Waals surface area contributed by atoms with E-state index in [1.54, 1.807) is 0 Å². The molecule has 1 aliphatic carbocycles. The summed E-state index contributed by atoms with van der Waals surface area (Å²) < 4.78 is 0. The zero-order valence-electron chi connectivity index (χ0n) is 9.81. The molecule has 92 valence electrons. The van der Waals surface area contributed by atoms with E-state index in [2.05, 4.69) is 17.2 Å². The number of anilines is 2. The van der Waals surface area contributed by atoms with E-state index in [4.69, 9.17) is 10.8 Å². The summed E-state index contributed by atoms with van der Waals surface area (Å²) in [7, 11) is 0. The van der Waals surface area contributed by atoms with Gasteiger partial charge in [-0.1, -0.05) is 13.3 Å². The van der Waals surface area contributed by atoms with Crippen molar-refractivity contribution >= 4 is 17.5 Å². The molecule has 0 radical (unpaired) electrons. The fourth-order valence-corrected chi connectivity index (χ4v) is 2.01. The van der Waals surface area contributed by atoms with Crippen molar-refractivity contribution in [1.29, 1.82) is 0 Å². The molecule has 1 saturated carbocycles. The highest BCUT2D eigenvalue weighted by Crippen LogP contribution is 2.37. The highest BCUT2D eigenvalue weighted by Gasteiger charge is 2.36. The zero-order valence-corrected chi connectivity index (χ0v) is 9.81. The lowest BCUT2D eigenvalue weighted by molar-refractivity contribution is 0.0696. The van der Waals surface area contributed by atoms with Crippen molar-refractivity contribution in [3.63, 3.8) is 0 Å². The maximum absolute atomic E-state index is 10.7. The van der Waals surface area contributed by atoms with E-state index >= 15 is 0 Å². The van der Waals surface area contributed by atoms with Crippen LogP contribution >= 0.6 is 0 Å². The number of carbonyl (C=O) groups is 1. The monoisotopic (exact) mass is 235 g/mol. The number of carboxylic acid groups (broad SMARTS) is 1. The lowest BCUT2D eigenvalue weighted by Crippen LogP contribution is -2.10. The van der Waals surface area contributed by atoms with E-state index in [0.29, 0.717) is 23.5 Å². The smallest absolute Gasteiger partial charge is 0.337 e. The van der Waals surface area contributed by atoms with Crippen LogP contribution in [0, 0.1) is 5.92 Å². The minimum atomic E-state index is -1.01. The Morgan fingerprint density at radius 2 is 2.47 bits per heavy atom. The number of nitrogens with zero attached hydrogens (tertiary/aromatic N) is 1. The van der Waals surface area contributed by atoms with Crippen molar-refractivity contribution in [2.75, 3.05) is 11.1 Å². The molecule has 5 nitrogen and oxygen atoms in total. The lowest BCUT2D eigenvalue weighted by Gasteiger charge is -2.08. The number of carboxylic acids is 1. The van der Waals surface area contributed by atoms with Gasteiger partial charge in [-0.05, 0) is 24.8 Å². The largest absolute Gasteiger partial charge is 0.478 e. The molecule has 2 rings (SSSR count). The minimum Gasteiger partial charge on any atom is -0.478 e. The molecule has 1 aromatic rings. The quantitative estimate of drug-likeness (QED) is 0.726. The summed E-state index contributed by atoms with van der Waals surface area (Å²) in [4.78, 5) is 14.8. The number of nitrogens with two attached hydrogens (primary N) is 1. The van der Waals surface area contributed by atoms with E-state index < -0.39 is 5.97 Å². The first-order valence-electron chi connectivity index (χ1n) is 5.87. The van der Waals surface area contributed by atoms with Gasteiger partial charge in [-0.3, -0.25) is 0 Å². The summed E-state index contributed by atoms with van der Waals surface area (Å²) in [6.07, 6.45) is 4.88. The van der Waals surface area contributed by atoms with Crippen LogP contribution in [0.2, 0.25) is 0 Å². The number of aromatic carboxylic acids is 1. The number of nitrogen functional groups attached to an aromatic ring is 1. The van der Waals surface area contributed by atoms with Gasteiger partial charge in [0.2, 0.25) is 0 Å². The molecule has 0 saturated heterocycles. The molecule has 5 heteroatoms. The van der Waals surface area contributed by atoms with Gasteiger partial charge in [0.05, 0.1) is 11.3 Å². The van der Waals surface area contributed by atoms with Gasteiger partial charge in [0.1, 0.15) is 5.82 Å². The summed E-state index contributed by atoms with van der Waals surface area (Å²) in [5.74, 6) is 0.296. The first-order chi connectivity index (χ1) is 8.11. The average molecular weight is 235 g/mol. The first kappa shape index (κ1) is 11.7. The van der Waals surface area contributed by atoms with Crippen molar-refractivity contribution in [3.8, 4) is 0 Å². The number of nitrogens with one attached hydrogen (secondary N) is 1. The van der Waals surface area contributed by atoms with Crippen molar-refractivity contribution < 1.29 is 9.90 Å². The molecular formula is C12H17N3O2. The Bertz CT molecular complexity index is 434. The molecule has 2 unspecified atom stereocenters. The van der Waals surface area contributed by atoms with Gasteiger partial charge in [-0.15, -0.1) is 0 Å². The molecule has 1 aromatic heterocycles. The van der Waals surface area contributed by atoms with Crippen LogP contribution < -0.4 is 11.1 Å². The molecule has 1 aliphatic rings. The van der Waals surface area contributed by atoms with E-state index in [-0.39, 0.29) is 5.56 Å². The summed E-state index contributed by atoms with van der Waals surface area (Å²) in [6, 6.07) is 1.88. The molecule has 2 atom stereocenters. The summed E-state index contributed by atoms with van der Waals surface area (Å²) >= 11 is 0. The maximum atomic E-state index is 10.7. The fourth-order valence-electron chi connectivity index (χ4n) is 2.01. The molecule has 4 N–H and O–H groups in total. The SMILES string of the molecule is CCCC1CC1Nc1ncc(C(=O)O)cc1N. The van der Waals surface area contributed by atoms with Crippen molar-refractivity contribution in [1.82, 2.24) is 4.98 Å². The number of aromatic nitrogens is 1. The second kappa shape index (κ2) is 4.61. The highest BCUT2D eigenvalue weighted by molar-refractivity contribution is 5.89. The van der Waals surface area contributed by atoms with Gasteiger partial charge in [0.15, 0.2) is 0 Å². The van der Waals surface area contributed by atoms with Crippen LogP contribution in [-0.2, 0) is 0 Å². The summed E-state index contributed by atoms with van der Waals surface area (Å²) in [5.41, 5.74) is 6.28. The van der Waals surface area contributed by atoms with Crippen LogP contribution in [0.3, 0.4) is 0 Å².